The van der Waals surface area contributed by atoms with Crippen LogP contribution in [0.25, 0.3) is 0 Å². The van der Waals surface area contributed by atoms with Gasteiger partial charge in [0, 0.05) is 24.2 Å². The lowest BCUT2D eigenvalue weighted by Crippen LogP contribution is -2.54. The molecule has 1 unspecified atom stereocenters. The van der Waals surface area contributed by atoms with Crippen molar-refractivity contribution < 1.29 is 4.39 Å². The molecule has 118 valence electrons. The molecule has 2 nitrogen and oxygen atoms in total. The Labute approximate surface area is 132 Å². The highest BCUT2D eigenvalue weighted by molar-refractivity contribution is 5.60. The molecule has 1 saturated carbocycles. The van der Waals surface area contributed by atoms with Crippen molar-refractivity contribution in [1.82, 2.24) is 0 Å². The predicted molar refractivity (Wildman–Crippen MR) is 87.4 cm³/mol. The first-order valence-electron chi connectivity index (χ1n) is 8.60. The maximum atomic E-state index is 13.7. The van der Waals surface area contributed by atoms with Crippen molar-refractivity contribution >= 4 is 5.69 Å². The second-order valence-corrected chi connectivity index (χ2v) is 7.01. The first-order chi connectivity index (χ1) is 10.7. The third-order valence-electron chi connectivity index (χ3n) is 5.52. The lowest BCUT2D eigenvalue weighted by Gasteiger charge is -2.53. The number of benzene rings is 1. The summed E-state index contributed by atoms with van der Waals surface area (Å²) in [4.78, 5) is 2.53. The van der Waals surface area contributed by atoms with Crippen LogP contribution in [0.4, 0.5) is 10.1 Å². The molecule has 1 aromatic carbocycles. The molecule has 0 N–H and O–H groups in total. The first kappa shape index (κ1) is 15.3. The Morgan fingerprint density at radius 1 is 1.32 bits per heavy atom. The molecule has 1 spiro atoms. The Kier molecular flexibility index (Phi) is 4.38. The second-order valence-electron chi connectivity index (χ2n) is 7.01. The fourth-order valence-electron chi connectivity index (χ4n) is 4.57. The molecule has 1 aromatic rings. The Hall–Kier alpha value is -1.56. The summed E-state index contributed by atoms with van der Waals surface area (Å²) >= 11 is 0. The van der Waals surface area contributed by atoms with Crippen LogP contribution in [0.1, 0.15) is 69.8 Å². The summed E-state index contributed by atoms with van der Waals surface area (Å²) in [5, 5.41) is 8.85. The van der Waals surface area contributed by atoms with Crippen molar-refractivity contribution in [3.05, 3.63) is 29.6 Å². The number of nitriles is 1. The monoisotopic (exact) mass is 300 g/mol. The largest absolute Gasteiger partial charge is 0.366 e. The lowest BCUT2D eigenvalue weighted by molar-refractivity contribution is 0.232. The molecular weight excluding hydrogens is 275 g/mol. The highest BCUT2D eigenvalue weighted by Crippen LogP contribution is 2.49. The maximum absolute atomic E-state index is 13.7. The van der Waals surface area contributed by atoms with Gasteiger partial charge < -0.3 is 4.90 Å². The molecule has 3 heteroatoms. The summed E-state index contributed by atoms with van der Waals surface area (Å²) in [7, 11) is 0. The van der Waals surface area contributed by atoms with E-state index in [1.807, 2.05) is 6.07 Å². The van der Waals surface area contributed by atoms with E-state index in [-0.39, 0.29) is 11.4 Å². The van der Waals surface area contributed by atoms with E-state index in [0.29, 0.717) is 12.3 Å². The van der Waals surface area contributed by atoms with Crippen molar-refractivity contribution in [2.24, 2.45) is 0 Å². The summed E-state index contributed by atoms with van der Waals surface area (Å²) in [5.41, 5.74) is 2.59. The van der Waals surface area contributed by atoms with E-state index in [2.05, 4.69) is 17.9 Å². The smallest absolute Gasteiger partial charge is 0.123 e. The molecule has 22 heavy (non-hydrogen) atoms. The van der Waals surface area contributed by atoms with E-state index in [9.17, 15) is 4.39 Å². The van der Waals surface area contributed by atoms with E-state index >= 15 is 0 Å². The number of rotatable bonds is 3. The molecule has 0 amide bonds. The SMILES string of the molecule is CC1CC2(CCCCC2)N(CCCC#N)c2ccc(F)cc21. The molecule has 0 aromatic heterocycles. The number of anilines is 1. The molecule has 0 saturated heterocycles. The Bertz CT molecular complexity index is 569. The quantitative estimate of drug-likeness (QED) is 0.722. The van der Waals surface area contributed by atoms with Crippen molar-refractivity contribution in [2.75, 3.05) is 11.4 Å². The molecular formula is C19H25FN2. The summed E-state index contributed by atoms with van der Waals surface area (Å²) in [5.74, 6) is 0.276. The van der Waals surface area contributed by atoms with E-state index in [0.717, 1.165) is 24.9 Å². The number of halogens is 1. The third kappa shape index (κ3) is 2.72. The lowest BCUT2D eigenvalue weighted by atomic mass is 9.70. The van der Waals surface area contributed by atoms with Crippen molar-refractivity contribution in [3.63, 3.8) is 0 Å². The van der Waals surface area contributed by atoms with E-state index in [1.54, 1.807) is 12.1 Å². The second kappa shape index (κ2) is 6.28. The standard InChI is InChI=1S/C19H25FN2/c1-15-14-19(9-3-2-4-10-19)22(12-6-5-11-21)18-8-7-16(20)13-17(15)18/h7-8,13,15H,2-6,9-10,12,14H2,1H3. The van der Waals surface area contributed by atoms with Gasteiger partial charge in [-0.2, -0.15) is 5.26 Å². The van der Waals surface area contributed by atoms with Crippen LogP contribution in [-0.4, -0.2) is 12.1 Å². The molecule has 1 fully saturated rings. The van der Waals surface area contributed by atoms with E-state index < -0.39 is 0 Å². The number of nitrogens with zero attached hydrogens (tertiary/aromatic N) is 2. The van der Waals surface area contributed by atoms with Gasteiger partial charge in [0.25, 0.3) is 0 Å². The van der Waals surface area contributed by atoms with Gasteiger partial charge in [0.05, 0.1) is 6.07 Å². The highest BCUT2D eigenvalue weighted by Gasteiger charge is 2.43. The van der Waals surface area contributed by atoms with Crippen LogP contribution in [0.15, 0.2) is 18.2 Å². The van der Waals surface area contributed by atoms with Gasteiger partial charge in [0.1, 0.15) is 5.82 Å². The Morgan fingerprint density at radius 3 is 2.82 bits per heavy atom. The molecule has 0 bridgehead atoms. The van der Waals surface area contributed by atoms with Crippen LogP contribution >= 0.6 is 0 Å². The van der Waals surface area contributed by atoms with Gasteiger partial charge >= 0.3 is 0 Å². The summed E-state index contributed by atoms with van der Waals surface area (Å²) < 4.78 is 13.7. The topological polar surface area (TPSA) is 27.0 Å². The average Bonchev–Trinajstić information content (AvgIpc) is 2.52. The zero-order valence-electron chi connectivity index (χ0n) is 13.4. The highest BCUT2D eigenvalue weighted by atomic mass is 19.1. The predicted octanol–water partition coefficient (Wildman–Crippen LogP) is 5.15. The fraction of sp³-hybridized carbons (Fsp3) is 0.632. The van der Waals surface area contributed by atoms with Gasteiger partial charge in [-0.1, -0.05) is 26.2 Å². The summed E-state index contributed by atoms with van der Waals surface area (Å²) in [6, 6.07) is 7.52. The van der Waals surface area contributed by atoms with Crippen LogP contribution in [0, 0.1) is 17.1 Å². The van der Waals surface area contributed by atoms with Crippen LogP contribution in [0.3, 0.4) is 0 Å². The minimum absolute atomic E-state index is 0.137. The zero-order valence-corrected chi connectivity index (χ0v) is 13.4. The van der Waals surface area contributed by atoms with Gasteiger partial charge in [0.2, 0.25) is 0 Å². The molecule has 3 rings (SSSR count). The van der Waals surface area contributed by atoms with Gasteiger partial charge in [-0.15, -0.1) is 0 Å². The molecule has 1 atom stereocenters. The average molecular weight is 300 g/mol. The molecule has 2 aliphatic rings. The molecule has 1 heterocycles. The normalized spacial score (nSPS) is 23.1. The minimum Gasteiger partial charge on any atom is -0.366 e. The molecule has 1 aliphatic heterocycles. The van der Waals surface area contributed by atoms with Crippen molar-refractivity contribution in [1.29, 1.82) is 5.26 Å². The first-order valence-corrected chi connectivity index (χ1v) is 8.60. The fourth-order valence-corrected chi connectivity index (χ4v) is 4.57. The third-order valence-corrected chi connectivity index (χ3v) is 5.52. The van der Waals surface area contributed by atoms with E-state index in [1.165, 1.54) is 37.8 Å². The summed E-state index contributed by atoms with van der Waals surface area (Å²) in [6.45, 7) is 3.15. The number of hydrogen-bond donors (Lipinski definition) is 0. The van der Waals surface area contributed by atoms with Gasteiger partial charge in [-0.3, -0.25) is 0 Å². The Balaban J connectivity index is 1.97. The number of unbranched alkanes of at least 4 members (excludes halogenated alkanes) is 1. The van der Waals surface area contributed by atoms with Crippen LogP contribution < -0.4 is 4.90 Å². The van der Waals surface area contributed by atoms with E-state index in [4.69, 9.17) is 5.26 Å². The minimum atomic E-state index is -0.137. The van der Waals surface area contributed by atoms with Crippen LogP contribution in [0.2, 0.25) is 0 Å². The van der Waals surface area contributed by atoms with Crippen molar-refractivity contribution in [2.45, 2.75) is 69.7 Å². The zero-order chi connectivity index (χ0) is 15.6. The van der Waals surface area contributed by atoms with Crippen molar-refractivity contribution in [3.8, 4) is 6.07 Å². The number of fused-ring (bicyclic) bond motifs is 1. The van der Waals surface area contributed by atoms with Gasteiger partial charge in [0.15, 0.2) is 0 Å². The summed E-state index contributed by atoms with van der Waals surface area (Å²) in [6.07, 6.45) is 8.99. The molecule has 0 radical (unpaired) electrons. The van der Waals surface area contributed by atoms with Crippen LogP contribution in [-0.2, 0) is 0 Å². The van der Waals surface area contributed by atoms with Crippen LogP contribution in [0.5, 0.6) is 0 Å². The molecule has 1 aliphatic carbocycles. The van der Waals surface area contributed by atoms with Gasteiger partial charge in [-0.25, -0.2) is 4.39 Å². The number of hydrogen-bond acceptors (Lipinski definition) is 2. The maximum Gasteiger partial charge on any atom is 0.123 e. The Morgan fingerprint density at radius 2 is 2.09 bits per heavy atom. The van der Waals surface area contributed by atoms with Gasteiger partial charge in [-0.05, 0) is 55.4 Å².